The SMILES string of the molecule is c1ccc([Si]2O[Si]O[Si]O[Si]O2)cc1. The zero-order valence-corrected chi connectivity index (χ0v) is 11.0. The molecule has 0 spiro atoms. The minimum Gasteiger partial charge on any atom is -0.412 e. The van der Waals surface area contributed by atoms with Gasteiger partial charge in [-0.25, -0.2) is 0 Å². The highest BCUT2D eigenvalue weighted by Crippen LogP contribution is 1.94. The summed E-state index contributed by atoms with van der Waals surface area (Å²) in [4.78, 5) is 0. The van der Waals surface area contributed by atoms with E-state index in [1.165, 1.54) is 0 Å². The molecule has 1 aliphatic rings. The molecule has 69 valence electrons. The average molecular weight is 253 g/mol. The third kappa shape index (κ3) is 2.96. The Kier molecular flexibility index (Phi) is 4.27. The van der Waals surface area contributed by atoms with Crippen LogP contribution in [0.3, 0.4) is 0 Å². The van der Waals surface area contributed by atoms with Crippen LogP contribution in [0.1, 0.15) is 0 Å². The number of rotatable bonds is 1. The third-order valence-electron chi connectivity index (χ3n) is 1.44. The van der Waals surface area contributed by atoms with Crippen molar-refractivity contribution in [1.29, 1.82) is 0 Å². The van der Waals surface area contributed by atoms with E-state index >= 15 is 0 Å². The first kappa shape index (κ1) is 10.4. The average Bonchev–Trinajstić information content (AvgIpc) is 2.18. The Morgan fingerprint density at radius 1 is 0.857 bits per heavy atom. The van der Waals surface area contributed by atoms with Crippen molar-refractivity contribution in [2.24, 2.45) is 0 Å². The van der Waals surface area contributed by atoms with Gasteiger partial charge in [0.05, 0.1) is 0 Å². The Labute approximate surface area is 91.6 Å². The number of benzene rings is 1. The molecule has 7 radical (unpaired) electrons. The Hall–Kier alpha value is -0.0725. The fraction of sp³-hybridized carbons (Fsp3) is 0. The molecule has 2 rings (SSSR count). The highest BCUT2D eigenvalue weighted by molar-refractivity contribution is 6.70. The molecular formula is C6H5O4Si4. The van der Waals surface area contributed by atoms with Crippen molar-refractivity contribution in [2.45, 2.75) is 0 Å². The lowest BCUT2D eigenvalue weighted by Crippen LogP contribution is -2.42. The standard InChI is InChI=1S/C6H5O4Si4/c1-2-4-6(5-3-1)14-9-12-7-11-8-13-10-14/h1-5H. The van der Waals surface area contributed by atoms with Crippen LogP contribution in [0.4, 0.5) is 0 Å². The molecule has 1 saturated heterocycles. The molecule has 0 aliphatic carbocycles. The van der Waals surface area contributed by atoms with Gasteiger partial charge in [0.1, 0.15) is 0 Å². The van der Waals surface area contributed by atoms with Gasteiger partial charge in [-0.3, -0.25) is 0 Å². The van der Waals surface area contributed by atoms with Crippen LogP contribution in [0, 0.1) is 0 Å². The van der Waals surface area contributed by atoms with Crippen LogP contribution in [0.25, 0.3) is 0 Å². The van der Waals surface area contributed by atoms with E-state index in [9.17, 15) is 0 Å². The predicted octanol–water partition coefficient (Wildman–Crippen LogP) is -0.936. The van der Waals surface area contributed by atoms with Gasteiger partial charge in [-0.1, -0.05) is 30.3 Å². The summed E-state index contributed by atoms with van der Waals surface area (Å²) in [6.07, 6.45) is 0. The van der Waals surface area contributed by atoms with Crippen molar-refractivity contribution in [3.8, 4) is 0 Å². The van der Waals surface area contributed by atoms with Gasteiger partial charge in [0.25, 0.3) is 0 Å². The van der Waals surface area contributed by atoms with Crippen LogP contribution < -0.4 is 5.19 Å². The van der Waals surface area contributed by atoms with Crippen LogP contribution in [-0.2, 0) is 16.5 Å². The van der Waals surface area contributed by atoms with E-state index in [0.717, 1.165) is 5.19 Å². The third-order valence-corrected chi connectivity index (χ3v) is 5.73. The van der Waals surface area contributed by atoms with Gasteiger partial charge in [-0.15, -0.1) is 0 Å². The monoisotopic (exact) mass is 253 g/mol. The molecular weight excluding hydrogens is 248 g/mol. The Morgan fingerprint density at radius 3 is 2.14 bits per heavy atom. The van der Waals surface area contributed by atoms with Crippen molar-refractivity contribution < 1.29 is 16.5 Å². The second-order valence-electron chi connectivity index (χ2n) is 2.31. The van der Waals surface area contributed by atoms with Crippen LogP contribution >= 0.6 is 0 Å². The number of hydrogen-bond acceptors (Lipinski definition) is 4. The lowest BCUT2D eigenvalue weighted by atomic mass is 10.4. The molecule has 1 aliphatic heterocycles. The van der Waals surface area contributed by atoms with Crippen molar-refractivity contribution in [2.75, 3.05) is 0 Å². The van der Waals surface area contributed by atoms with Gasteiger partial charge >= 0.3 is 39.3 Å². The normalized spacial score (nSPS) is 20.0. The van der Waals surface area contributed by atoms with Crippen molar-refractivity contribution in [3.63, 3.8) is 0 Å². The second-order valence-corrected chi connectivity index (χ2v) is 7.23. The molecule has 1 aromatic carbocycles. The molecule has 8 heteroatoms. The molecule has 0 saturated carbocycles. The maximum Gasteiger partial charge on any atom is 0.413 e. The fourth-order valence-corrected chi connectivity index (χ4v) is 5.34. The van der Waals surface area contributed by atoms with Gasteiger partial charge in [-0.2, -0.15) is 0 Å². The van der Waals surface area contributed by atoms with E-state index in [4.69, 9.17) is 16.5 Å². The molecule has 0 atom stereocenters. The Morgan fingerprint density at radius 2 is 1.50 bits per heavy atom. The van der Waals surface area contributed by atoms with E-state index in [-0.39, 0.29) is 30.0 Å². The quantitative estimate of drug-likeness (QED) is 0.606. The van der Waals surface area contributed by atoms with Gasteiger partial charge in [0, 0.05) is 0 Å². The molecule has 0 unspecified atom stereocenters. The zero-order valence-electron chi connectivity index (χ0n) is 7.02. The second kappa shape index (κ2) is 5.72. The summed E-state index contributed by atoms with van der Waals surface area (Å²) in [6.45, 7) is 0. The molecule has 1 aromatic rings. The first-order valence-electron chi connectivity index (χ1n) is 3.79. The largest absolute Gasteiger partial charge is 0.413 e. The lowest BCUT2D eigenvalue weighted by molar-refractivity contribution is 0.337. The molecule has 0 aromatic heterocycles. The topological polar surface area (TPSA) is 36.9 Å². The first-order chi connectivity index (χ1) is 6.97. The van der Waals surface area contributed by atoms with Crippen LogP contribution in [0.15, 0.2) is 30.3 Å². The number of hydrogen-bond donors (Lipinski definition) is 0. The van der Waals surface area contributed by atoms with Crippen molar-refractivity contribution in [1.82, 2.24) is 0 Å². The van der Waals surface area contributed by atoms with Gasteiger partial charge < -0.3 is 16.5 Å². The van der Waals surface area contributed by atoms with E-state index in [1.54, 1.807) is 0 Å². The predicted molar refractivity (Wildman–Crippen MR) is 53.4 cm³/mol. The highest BCUT2D eigenvalue weighted by atomic mass is 28.4. The minimum absolute atomic E-state index is 0.00821. The maximum atomic E-state index is 5.49. The summed E-state index contributed by atoms with van der Waals surface area (Å²) in [7, 11) is -1.36. The van der Waals surface area contributed by atoms with Crippen LogP contribution in [-0.4, -0.2) is 39.3 Å². The summed E-state index contributed by atoms with van der Waals surface area (Å²) < 4.78 is 21.2. The molecule has 1 heterocycles. The van der Waals surface area contributed by atoms with Crippen LogP contribution in [0.2, 0.25) is 0 Å². The van der Waals surface area contributed by atoms with Gasteiger partial charge in [-0.05, 0) is 5.19 Å². The summed E-state index contributed by atoms with van der Waals surface area (Å²) >= 11 is 0. The highest BCUT2D eigenvalue weighted by Gasteiger charge is 2.22. The first-order valence-corrected chi connectivity index (χ1v) is 7.56. The molecule has 0 bridgehead atoms. The minimum atomic E-state index is -1.41. The fourth-order valence-electron chi connectivity index (χ4n) is 0.885. The Balaban J connectivity index is 2.01. The summed E-state index contributed by atoms with van der Waals surface area (Å²) in [5.74, 6) is 0. The smallest absolute Gasteiger partial charge is 0.412 e. The van der Waals surface area contributed by atoms with E-state index < -0.39 is 9.28 Å². The van der Waals surface area contributed by atoms with E-state index in [2.05, 4.69) is 0 Å². The van der Waals surface area contributed by atoms with Crippen molar-refractivity contribution in [3.05, 3.63) is 30.3 Å². The summed E-state index contributed by atoms with van der Waals surface area (Å²) in [5.41, 5.74) is 0. The van der Waals surface area contributed by atoms with Gasteiger partial charge in [0.15, 0.2) is 0 Å². The zero-order chi connectivity index (χ0) is 9.64. The molecule has 0 amide bonds. The molecule has 1 fully saturated rings. The van der Waals surface area contributed by atoms with Crippen molar-refractivity contribution >= 4 is 44.5 Å². The maximum absolute atomic E-state index is 5.49. The van der Waals surface area contributed by atoms with E-state index in [0.29, 0.717) is 0 Å². The van der Waals surface area contributed by atoms with E-state index in [1.807, 2.05) is 30.3 Å². The summed E-state index contributed by atoms with van der Waals surface area (Å²) in [5, 5.41) is 1.08. The molecule has 14 heavy (non-hydrogen) atoms. The Bertz CT molecular complexity index is 264. The lowest BCUT2D eigenvalue weighted by Gasteiger charge is -2.16. The van der Waals surface area contributed by atoms with Gasteiger partial charge in [0.2, 0.25) is 0 Å². The molecule has 4 nitrogen and oxygen atoms in total. The summed E-state index contributed by atoms with van der Waals surface area (Å²) in [6, 6.07) is 9.89. The molecule has 0 N–H and O–H groups in total. The van der Waals surface area contributed by atoms with Crippen LogP contribution in [0.5, 0.6) is 0 Å².